The largest absolute Gasteiger partial charge is 0.461 e. The lowest BCUT2D eigenvalue weighted by molar-refractivity contribution is -0.235. The average molecular weight is 590 g/mol. The van der Waals surface area contributed by atoms with Crippen LogP contribution >= 0.6 is 11.8 Å². The fourth-order valence-electron chi connectivity index (χ4n) is 4.72. The van der Waals surface area contributed by atoms with Gasteiger partial charge < -0.3 is 41.0 Å². The minimum Gasteiger partial charge on any atom is -0.461 e. The average Bonchev–Trinajstić information content (AvgIpc) is 3.42. The molecular formula is C22H31N5O10S2. The highest BCUT2D eigenvalue weighted by atomic mass is 32.2. The van der Waals surface area contributed by atoms with E-state index in [0.717, 1.165) is 24.4 Å². The molecule has 0 radical (unpaired) electrons. The minimum absolute atomic E-state index is 0.00481. The second kappa shape index (κ2) is 12.2. The summed E-state index contributed by atoms with van der Waals surface area (Å²) in [4.78, 5) is 39.2. The van der Waals surface area contributed by atoms with E-state index >= 15 is 0 Å². The first-order chi connectivity index (χ1) is 18.4. The van der Waals surface area contributed by atoms with Gasteiger partial charge in [-0.1, -0.05) is 0 Å². The molecule has 8 atom stereocenters. The number of aliphatic hydroxyl groups excluding tert-OH is 2. The monoisotopic (exact) mass is 589 g/mol. The van der Waals surface area contributed by atoms with Gasteiger partial charge in [0.15, 0.2) is 5.03 Å². The SMILES string of the molecule is CC(=O)NC1[C@H](Oc2ccc(S(=O)(=O)O)nc2)OC(CNC(=O)CCC[C@@H]2SC[C@@H]3NC(=O)N[C@@H]32)[C@@H](O)[C@@H]1O. The first kappa shape index (κ1) is 29.3. The predicted molar refractivity (Wildman–Crippen MR) is 135 cm³/mol. The van der Waals surface area contributed by atoms with E-state index in [1.54, 1.807) is 11.8 Å². The Bertz CT molecular complexity index is 1170. The van der Waals surface area contributed by atoms with E-state index in [1.807, 2.05) is 0 Å². The summed E-state index contributed by atoms with van der Waals surface area (Å²) in [5.74, 6) is -0.00686. The molecule has 3 aliphatic rings. The van der Waals surface area contributed by atoms with Crippen LogP contribution in [0.3, 0.4) is 0 Å². The van der Waals surface area contributed by atoms with Crippen molar-refractivity contribution in [2.24, 2.45) is 0 Å². The Balaban J connectivity index is 1.31. The van der Waals surface area contributed by atoms with E-state index < -0.39 is 51.7 Å². The van der Waals surface area contributed by atoms with Gasteiger partial charge in [0, 0.05) is 30.9 Å². The fraction of sp³-hybridized carbons (Fsp3) is 0.636. The number of hydrogen-bond donors (Lipinski definition) is 7. The van der Waals surface area contributed by atoms with Crippen LogP contribution < -0.4 is 26.0 Å². The highest BCUT2D eigenvalue weighted by molar-refractivity contribution is 8.00. The first-order valence-electron chi connectivity index (χ1n) is 12.3. The summed E-state index contributed by atoms with van der Waals surface area (Å²) in [5, 5.41) is 31.8. The second-order valence-corrected chi connectivity index (χ2v) is 12.1. The molecule has 0 aromatic carbocycles. The molecule has 3 fully saturated rings. The smallest absolute Gasteiger partial charge is 0.315 e. The lowest BCUT2D eigenvalue weighted by Gasteiger charge is -2.42. The van der Waals surface area contributed by atoms with Crippen LogP contribution in [0.25, 0.3) is 0 Å². The summed E-state index contributed by atoms with van der Waals surface area (Å²) in [6.07, 6.45) is -2.91. The highest BCUT2D eigenvalue weighted by Gasteiger charge is 2.46. The van der Waals surface area contributed by atoms with E-state index in [9.17, 15) is 33.0 Å². The maximum atomic E-state index is 12.5. The van der Waals surface area contributed by atoms with Gasteiger partial charge >= 0.3 is 16.1 Å². The molecule has 4 rings (SSSR count). The van der Waals surface area contributed by atoms with Crippen LogP contribution in [0, 0.1) is 0 Å². The molecule has 3 aliphatic heterocycles. The summed E-state index contributed by atoms with van der Waals surface area (Å²) in [5.41, 5.74) is 0. The zero-order valence-electron chi connectivity index (χ0n) is 20.8. The number of ether oxygens (including phenoxy) is 2. The Kier molecular flexibility index (Phi) is 9.18. The van der Waals surface area contributed by atoms with Crippen LogP contribution in [0.4, 0.5) is 4.79 Å². The molecule has 7 N–H and O–H groups in total. The van der Waals surface area contributed by atoms with Crippen molar-refractivity contribution in [1.82, 2.24) is 26.3 Å². The van der Waals surface area contributed by atoms with Gasteiger partial charge in [-0.25, -0.2) is 9.78 Å². The summed E-state index contributed by atoms with van der Waals surface area (Å²) < 4.78 is 42.9. The highest BCUT2D eigenvalue weighted by Crippen LogP contribution is 2.33. The lowest BCUT2D eigenvalue weighted by atomic mass is 9.96. The number of nitrogens with zero attached hydrogens (tertiary/aromatic N) is 1. The molecule has 216 valence electrons. The van der Waals surface area contributed by atoms with E-state index in [-0.39, 0.29) is 48.0 Å². The number of urea groups is 1. The summed E-state index contributed by atoms with van der Waals surface area (Å²) >= 11 is 1.75. The van der Waals surface area contributed by atoms with E-state index in [1.165, 1.54) is 13.0 Å². The third-order valence-electron chi connectivity index (χ3n) is 6.63. The molecule has 4 heterocycles. The number of hydrogen-bond acceptors (Lipinski definition) is 11. The van der Waals surface area contributed by atoms with Crippen molar-refractivity contribution in [2.45, 2.75) is 79.2 Å². The molecule has 0 aliphatic carbocycles. The normalized spacial score (nSPS) is 32.1. The topological polar surface area (TPSA) is 226 Å². The van der Waals surface area contributed by atoms with Crippen molar-refractivity contribution >= 4 is 39.7 Å². The maximum Gasteiger partial charge on any atom is 0.315 e. The van der Waals surface area contributed by atoms with Crippen molar-refractivity contribution < 1.29 is 47.0 Å². The molecule has 0 spiro atoms. The molecule has 17 heteroatoms. The van der Waals surface area contributed by atoms with Crippen molar-refractivity contribution in [2.75, 3.05) is 12.3 Å². The fourth-order valence-corrected chi connectivity index (χ4v) is 6.69. The maximum absolute atomic E-state index is 12.5. The molecule has 1 aromatic heterocycles. The van der Waals surface area contributed by atoms with Crippen LogP contribution in [-0.4, -0.2) is 106 Å². The molecule has 15 nitrogen and oxygen atoms in total. The van der Waals surface area contributed by atoms with Crippen molar-refractivity contribution in [1.29, 1.82) is 0 Å². The van der Waals surface area contributed by atoms with Gasteiger partial charge in [0.05, 0.1) is 18.3 Å². The minimum atomic E-state index is -4.53. The van der Waals surface area contributed by atoms with E-state index in [4.69, 9.17) is 14.0 Å². The Morgan fingerprint density at radius 1 is 1.26 bits per heavy atom. The molecular weight excluding hydrogens is 558 g/mol. The van der Waals surface area contributed by atoms with Gasteiger partial charge in [-0.15, -0.1) is 0 Å². The Hall–Kier alpha value is -2.70. The number of amides is 4. The molecule has 4 amide bonds. The molecule has 2 unspecified atom stereocenters. The zero-order chi connectivity index (χ0) is 28.3. The Morgan fingerprint density at radius 2 is 2.03 bits per heavy atom. The van der Waals surface area contributed by atoms with Crippen LogP contribution in [0.15, 0.2) is 23.4 Å². The number of nitrogens with one attached hydrogen (secondary N) is 4. The predicted octanol–water partition coefficient (Wildman–Crippen LogP) is -1.89. The quantitative estimate of drug-likeness (QED) is 0.117. The number of carbonyl (C=O) groups is 3. The number of carbonyl (C=O) groups excluding carboxylic acids is 3. The number of fused-ring (bicyclic) bond motifs is 1. The molecule has 3 saturated heterocycles. The van der Waals surface area contributed by atoms with Gasteiger partial charge in [-0.2, -0.15) is 20.2 Å². The molecule has 39 heavy (non-hydrogen) atoms. The van der Waals surface area contributed by atoms with Crippen LogP contribution in [0.5, 0.6) is 5.75 Å². The van der Waals surface area contributed by atoms with Gasteiger partial charge in [0.2, 0.25) is 18.1 Å². The third-order valence-corrected chi connectivity index (χ3v) is 8.91. The van der Waals surface area contributed by atoms with Crippen LogP contribution in [-0.2, 0) is 24.4 Å². The summed E-state index contributed by atoms with van der Waals surface area (Å²) in [6, 6.07) is 0.956. The lowest BCUT2D eigenvalue weighted by Crippen LogP contribution is -2.66. The molecule has 1 aromatic rings. The van der Waals surface area contributed by atoms with E-state index in [2.05, 4.69) is 26.3 Å². The van der Waals surface area contributed by atoms with Gasteiger partial charge in [0.1, 0.15) is 30.1 Å². The van der Waals surface area contributed by atoms with Crippen molar-refractivity contribution in [3.63, 3.8) is 0 Å². The number of aromatic nitrogens is 1. The van der Waals surface area contributed by atoms with Crippen LogP contribution in [0.1, 0.15) is 26.2 Å². The van der Waals surface area contributed by atoms with E-state index in [0.29, 0.717) is 6.42 Å². The summed E-state index contributed by atoms with van der Waals surface area (Å²) in [6.45, 7) is 1.04. The first-order valence-corrected chi connectivity index (χ1v) is 14.8. The van der Waals surface area contributed by atoms with Crippen molar-refractivity contribution in [3.8, 4) is 5.75 Å². The second-order valence-electron chi connectivity index (χ2n) is 9.49. The summed E-state index contributed by atoms with van der Waals surface area (Å²) in [7, 11) is -4.53. The molecule has 0 saturated carbocycles. The van der Waals surface area contributed by atoms with Crippen LogP contribution in [0.2, 0.25) is 0 Å². The Labute approximate surface area is 228 Å². The number of aliphatic hydroxyl groups is 2. The number of thioether (sulfide) groups is 1. The molecule has 0 bridgehead atoms. The Morgan fingerprint density at radius 3 is 2.69 bits per heavy atom. The number of rotatable bonds is 10. The van der Waals surface area contributed by atoms with Crippen molar-refractivity contribution in [3.05, 3.63) is 18.3 Å². The third kappa shape index (κ3) is 7.29. The number of pyridine rings is 1. The van der Waals surface area contributed by atoms with Gasteiger partial charge in [0.25, 0.3) is 0 Å². The standard InChI is InChI=1S/C22H31N5O10S2/c1-10(28)25-18-20(31)19(30)13(37-21(18)36-11-5-6-16(24-7-11)39(33,34)35)8-23-15(29)4-2-3-14-17-12(9-38-14)26-22(32)27-17/h5-7,12-14,17-21,30-31H,2-4,8-9H2,1H3,(H,23,29)(H,25,28)(H2,26,27,32)(H,33,34,35)/t12-,13?,14-,17-,18?,19+,20+,21+/m0/s1. The zero-order valence-corrected chi connectivity index (χ0v) is 22.5. The van der Waals surface area contributed by atoms with Gasteiger partial charge in [-0.05, 0) is 25.0 Å². The van der Waals surface area contributed by atoms with Gasteiger partial charge in [-0.3, -0.25) is 14.1 Å².